The minimum atomic E-state index is -3.72. The molecule has 9 nitrogen and oxygen atoms in total. The predicted molar refractivity (Wildman–Crippen MR) is 163 cm³/mol. The highest BCUT2D eigenvalue weighted by molar-refractivity contribution is 7.92. The summed E-state index contributed by atoms with van der Waals surface area (Å²) in [6.07, 6.45) is 1.09. The lowest BCUT2D eigenvalue weighted by Crippen LogP contribution is -2.25. The summed E-state index contributed by atoms with van der Waals surface area (Å²) >= 11 is 0. The van der Waals surface area contributed by atoms with Crippen molar-refractivity contribution in [3.8, 4) is 34.0 Å². The summed E-state index contributed by atoms with van der Waals surface area (Å²) in [6.45, 7) is 0. The van der Waals surface area contributed by atoms with Crippen LogP contribution >= 0.6 is 0 Å². The molecule has 6 aromatic rings. The zero-order valence-electron chi connectivity index (χ0n) is 22.9. The van der Waals surface area contributed by atoms with Gasteiger partial charge in [0.2, 0.25) is 10.0 Å². The van der Waals surface area contributed by atoms with Gasteiger partial charge in [0.1, 0.15) is 17.2 Å². The summed E-state index contributed by atoms with van der Waals surface area (Å²) in [5.41, 5.74) is 11.0. The minimum absolute atomic E-state index is 0.216. The smallest absolute Gasteiger partial charge is 0.255 e. The van der Waals surface area contributed by atoms with Crippen LogP contribution in [0.5, 0.6) is 0 Å². The number of halogens is 1. The SMILES string of the molecule is CNC(=O)c1c(-c2ccc(F)cc2)oc2cc(N(C)S(C)(=O)=O)c(-c3cc(N)cc(-c4cc5ccccc5[nH]4)n3)cc12. The van der Waals surface area contributed by atoms with E-state index < -0.39 is 21.7 Å². The Labute approximate surface area is 240 Å². The van der Waals surface area contributed by atoms with Crippen LogP contribution in [0.25, 0.3) is 55.8 Å². The van der Waals surface area contributed by atoms with Gasteiger partial charge in [-0.25, -0.2) is 17.8 Å². The van der Waals surface area contributed by atoms with Crippen molar-refractivity contribution >= 4 is 49.2 Å². The van der Waals surface area contributed by atoms with E-state index in [-0.39, 0.29) is 22.6 Å². The molecule has 6 rings (SSSR count). The predicted octanol–water partition coefficient (Wildman–Crippen LogP) is 5.79. The molecule has 0 aliphatic heterocycles. The Morgan fingerprint density at radius 1 is 1.02 bits per heavy atom. The van der Waals surface area contributed by atoms with E-state index in [9.17, 15) is 17.6 Å². The first kappa shape index (κ1) is 27.0. The molecule has 4 N–H and O–H groups in total. The number of nitrogens with zero attached hydrogens (tertiary/aromatic N) is 2. The number of rotatable bonds is 6. The second-order valence-electron chi connectivity index (χ2n) is 9.93. The van der Waals surface area contributed by atoms with Gasteiger partial charge in [-0.15, -0.1) is 0 Å². The summed E-state index contributed by atoms with van der Waals surface area (Å²) in [7, 11) is -0.801. The molecule has 0 radical (unpaired) electrons. The van der Waals surface area contributed by atoms with Crippen LogP contribution < -0.4 is 15.4 Å². The molecule has 0 spiro atoms. The Kier molecular flexibility index (Phi) is 6.46. The van der Waals surface area contributed by atoms with Crippen LogP contribution in [0.3, 0.4) is 0 Å². The number of nitrogens with one attached hydrogen (secondary N) is 2. The number of carbonyl (C=O) groups excluding carboxylic acids is 1. The molecule has 212 valence electrons. The maximum atomic E-state index is 13.7. The van der Waals surface area contributed by atoms with Crippen LogP contribution in [0.2, 0.25) is 0 Å². The molecule has 0 aliphatic rings. The molecule has 42 heavy (non-hydrogen) atoms. The molecule has 3 aromatic carbocycles. The molecule has 3 aromatic heterocycles. The number of H-pyrrole nitrogens is 1. The molecule has 0 aliphatic carbocycles. The Balaban J connectivity index is 1.63. The lowest BCUT2D eigenvalue weighted by Gasteiger charge is -2.20. The van der Waals surface area contributed by atoms with E-state index in [0.717, 1.165) is 27.2 Å². The number of aromatic nitrogens is 2. The third-order valence-electron chi connectivity index (χ3n) is 7.13. The zero-order valence-corrected chi connectivity index (χ0v) is 23.7. The van der Waals surface area contributed by atoms with Crippen LogP contribution in [0.15, 0.2) is 83.3 Å². The van der Waals surface area contributed by atoms with E-state index in [4.69, 9.17) is 15.1 Å². The van der Waals surface area contributed by atoms with E-state index >= 15 is 0 Å². The van der Waals surface area contributed by atoms with Gasteiger partial charge in [-0.2, -0.15) is 0 Å². The molecule has 3 heterocycles. The fourth-order valence-electron chi connectivity index (χ4n) is 4.97. The van der Waals surface area contributed by atoms with Gasteiger partial charge in [0.25, 0.3) is 5.91 Å². The monoisotopic (exact) mass is 583 g/mol. The summed E-state index contributed by atoms with van der Waals surface area (Å²) in [6, 6.07) is 21.9. The largest absolute Gasteiger partial charge is 0.455 e. The van der Waals surface area contributed by atoms with Crippen LogP contribution in [-0.4, -0.2) is 44.6 Å². The van der Waals surface area contributed by atoms with Gasteiger partial charge >= 0.3 is 0 Å². The van der Waals surface area contributed by atoms with Gasteiger partial charge in [-0.1, -0.05) is 18.2 Å². The number of nitrogens with two attached hydrogens (primary N) is 1. The number of anilines is 2. The van der Waals surface area contributed by atoms with Gasteiger partial charge in [0.05, 0.1) is 34.6 Å². The molecule has 1 amide bonds. The first-order valence-electron chi connectivity index (χ1n) is 12.9. The van der Waals surface area contributed by atoms with E-state index in [1.54, 1.807) is 24.3 Å². The third kappa shape index (κ3) is 4.73. The van der Waals surface area contributed by atoms with E-state index in [2.05, 4.69) is 10.3 Å². The number of fused-ring (bicyclic) bond motifs is 2. The number of hydrogen-bond acceptors (Lipinski definition) is 6. The molecule has 0 atom stereocenters. The number of nitrogen functional groups attached to an aromatic ring is 1. The fraction of sp³-hybridized carbons (Fsp3) is 0.0968. The molecule has 0 saturated heterocycles. The fourth-order valence-corrected chi connectivity index (χ4v) is 5.48. The van der Waals surface area contributed by atoms with Crippen LogP contribution in [0, 0.1) is 5.82 Å². The van der Waals surface area contributed by atoms with Gasteiger partial charge < -0.3 is 20.5 Å². The summed E-state index contributed by atoms with van der Waals surface area (Å²) in [5, 5.41) is 4.06. The minimum Gasteiger partial charge on any atom is -0.455 e. The van der Waals surface area contributed by atoms with E-state index in [0.29, 0.717) is 33.6 Å². The van der Waals surface area contributed by atoms with Gasteiger partial charge in [-0.3, -0.25) is 9.10 Å². The van der Waals surface area contributed by atoms with Crippen molar-refractivity contribution in [3.05, 3.63) is 90.2 Å². The zero-order chi connectivity index (χ0) is 29.8. The number of furan rings is 1. The second-order valence-corrected chi connectivity index (χ2v) is 11.9. The maximum Gasteiger partial charge on any atom is 0.255 e. The molecule has 0 fully saturated rings. The highest BCUT2D eigenvalue weighted by Gasteiger charge is 2.26. The van der Waals surface area contributed by atoms with Crippen LogP contribution in [-0.2, 0) is 10.0 Å². The van der Waals surface area contributed by atoms with Crippen molar-refractivity contribution in [2.75, 3.05) is 30.4 Å². The standard InChI is InChI=1S/C31H26FN5O4S/c1-34-31(38)29-22-15-21(24-13-20(33)14-26(36-24)25-12-18-6-4-5-7-23(18)35-25)27(37(2)42(3,39)40)16-28(22)41-30(29)17-8-10-19(32)11-9-17/h4-16,35H,1-3H3,(H2,33,36)(H,34,38). The molecular weight excluding hydrogens is 557 g/mol. The van der Waals surface area contributed by atoms with Gasteiger partial charge in [0, 0.05) is 53.3 Å². The lowest BCUT2D eigenvalue weighted by molar-refractivity contribution is 0.0964. The van der Waals surface area contributed by atoms with E-state index in [1.807, 2.05) is 30.3 Å². The van der Waals surface area contributed by atoms with Gasteiger partial charge in [0.15, 0.2) is 0 Å². The topological polar surface area (TPSA) is 134 Å². The highest BCUT2D eigenvalue weighted by atomic mass is 32.2. The first-order chi connectivity index (χ1) is 20.0. The highest BCUT2D eigenvalue weighted by Crippen LogP contribution is 2.41. The summed E-state index contributed by atoms with van der Waals surface area (Å²) in [4.78, 5) is 21.4. The quantitative estimate of drug-likeness (QED) is 0.227. The average molecular weight is 584 g/mol. The number of carbonyl (C=O) groups is 1. The van der Waals surface area contributed by atoms with Crippen molar-refractivity contribution in [1.82, 2.24) is 15.3 Å². The number of amides is 1. The molecule has 11 heteroatoms. The second kappa shape index (κ2) is 10.0. The van der Waals surface area contributed by atoms with Crippen molar-refractivity contribution in [1.29, 1.82) is 0 Å². The maximum absolute atomic E-state index is 13.7. The van der Waals surface area contributed by atoms with Gasteiger partial charge in [-0.05, 0) is 54.6 Å². The summed E-state index contributed by atoms with van der Waals surface area (Å²) in [5.74, 6) is -0.648. The van der Waals surface area contributed by atoms with Crippen molar-refractivity contribution in [3.63, 3.8) is 0 Å². The number of sulfonamides is 1. The third-order valence-corrected chi connectivity index (χ3v) is 8.32. The molecule has 0 unspecified atom stereocenters. The van der Waals surface area contributed by atoms with Crippen molar-refractivity contribution < 1.29 is 22.0 Å². The number of para-hydroxylation sites is 1. The van der Waals surface area contributed by atoms with Crippen molar-refractivity contribution in [2.24, 2.45) is 0 Å². The number of hydrogen-bond donors (Lipinski definition) is 3. The van der Waals surface area contributed by atoms with Crippen LogP contribution in [0.1, 0.15) is 10.4 Å². The number of benzene rings is 3. The Morgan fingerprint density at radius 2 is 1.74 bits per heavy atom. The number of aromatic amines is 1. The normalized spacial score (nSPS) is 11.7. The molecule has 0 bridgehead atoms. The molecular formula is C31H26FN5O4S. The number of pyridine rings is 1. The Bertz CT molecular complexity index is 2080. The average Bonchev–Trinajstić information content (AvgIpc) is 3.57. The summed E-state index contributed by atoms with van der Waals surface area (Å²) < 4.78 is 46.4. The van der Waals surface area contributed by atoms with E-state index in [1.165, 1.54) is 38.4 Å². The first-order valence-corrected chi connectivity index (χ1v) is 14.8. The lowest BCUT2D eigenvalue weighted by atomic mass is 10.00. The molecule has 0 saturated carbocycles. The van der Waals surface area contributed by atoms with Crippen LogP contribution in [0.4, 0.5) is 15.8 Å². The Hall–Kier alpha value is -5.16. The Morgan fingerprint density at radius 3 is 2.43 bits per heavy atom. The van der Waals surface area contributed by atoms with Crippen molar-refractivity contribution in [2.45, 2.75) is 0 Å².